The summed E-state index contributed by atoms with van der Waals surface area (Å²) in [6.07, 6.45) is 0. The van der Waals surface area contributed by atoms with Crippen LogP contribution in [0.15, 0.2) is 0 Å². The Labute approximate surface area is 95.0 Å². The van der Waals surface area contributed by atoms with E-state index in [4.69, 9.17) is 9.84 Å². The fourth-order valence-corrected chi connectivity index (χ4v) is 2.63. The number of nitrogens with zero attached hydrogens (tertiary/aromatic N) is 1. The molecule has 1 aliphatic rings. The van der Waals surface area contributed by atoms with Crippen molar-refractivity contribution in [1.82, 2.24) is 4.90 Å². The molecule has 88 valence electrons. The van der Waals surface area contributed by atoms with Crippen molar-refractivity contribution in [2.75, 3.05) is 31.3 Å². The van der Waals surface area contributed by atoms with Gasteiger partial charge < -0.3 is 9.84 Å². The Balaban J connectivity index is 2.32. The molecule has 4 nitrogen and oxygen atoms in total. The molecule has 1 N–H and O–H groups in total. The lowest BCUT2D eigenvalue weighted by molar-refractivity contribution is -0.133. The van der Waals surface area contributed by atoms with Gasteiger partial charge >= 0.3 is 5.97 Å². The van der Waals surface area contributed by atoms with Crippen LogP contribution in [0.25, 0.3) is 0 Å². The number of aliphatic carboxylic acids is 1. The maximum atomic E-state index is 10.4. The van der Waals surface area contributed by atoms with Crippen LogP contribution >= 0.6 is 11.8 Å². The molecule has 15 heavy (non-hydrogen) atoms. The third-order valence-electron chi connectivity index (χ3n) is 2.47. The fourth-order valence-electron chi connectivity index (χ4n) is 1.77. The molecule has 1 fully saturated rings. The highest BCUT2D eigenvalue weighted by Gasteiger charge is 2.24. The number of morpholine rings is 1. The smallest absolute Gasteiger partial charge is 0.313 e. The van der Waals surface area contributed by atoms with Crippen LogP contribution in [0.3, 0.4) is 0 Å². The third kappa shape index (κ3) is 4.40. The maximum absolute atomic E-state index is 10.4. The average molecular weight is 233 g/mol. The quantitative estimate of drug-likeness (QED) is 0.765. The Morgan fingerprint density at radius 3 is 3.00 bits per heavy atom. The van der Waals surface area contributed by atoms with Crippen LogP contribution in [-0.2, 0) is 9.53 Å². The van der Waals surface area contributed by atoms with E-state index < -0.39 is 5.97 Å². The van der Waals surface area contributed by atoms with E-state index in [9.17, 15) is 4.79 Å². The summed E-state index contributed by atoms with van der Waals surface area (Å²) in [7, 11) is 0. The number of hydrogen-bond acceptors (Lipinski definition) is 4. The zero-order valence-corrected chi connectivity index (χ0v) is 10.1. The van der Waals surface area contributed by atoms with Crippen molar-refractivity contribution in [3.05, 3.63) is 0 Å². The van der Waals surface area contributed by atoms with E-state index in [0.29, 0.717) is 12.1 Å². The summed E-state index contributed by atoms with van der Waals surface area (Å²) in [5.41, 5.74) is 0. The summed E-state index contributed by atoms with van der Waals surface area (Å²) in [5.74, 6) is 0.278. The lowest BCUT2D eigenvalue weighted by atomic mass is 10.2. The van der Waals surface area contributed by atoms with Crippen LogP contribution in [0.4, 0.5) is 0 Å². The van der Waals surface area contributed by atoms with Crippen molar-refractivity contribution >= 4 is 17.7 Å². The first-order valence-corrected chi connectivity index (χ1v) is 6.39. The Kier molecular flexibility index (Phi) is 5.42. The number of ether oxygens (including phenoxy) is 1. The van der Waals surface area contributed by atoms with E-state index in [2.05, 4.69) is 18.7 Å². The zero-order valence-electron chi connectivity index (χ0n) is 9.31. The van der Waals surface area contributed by atoms with Gasteiger partial charge in [-0.1, -0.05) is 0 Å². The van der Waals surface area contributed by atoms with Crippen LogP contribution in [-0.4, -0.2) is 59.3 Å². The van der Waals surface area contributed by atoms with Gasteiger partial charge in [0.25, 0.3) is 0 Å². The molecule has 0 aromatic rings. The molecular weight excluding hydrogens is 214 g/mol. The summed E-state index contributed by atoms with van der Waals surface area (Å²) in [6, 6.07) is 0.868. The maximum Gasteiger partial charge on any atom is 0.313 e. The molecular formula is C10H19NO3S. The summed E-state index contributed by atoms with van der Waals surface area (Å²) in [5, 5.41) is 8.55. The SMILES string of the molecule is CC(C)N1CCOCC1CSCC(=O)O. The van der Waals surface area contributed by atoms with Gasteiger partial charge in [-0.2, -0.15) is 0 Å². The summed E-state index contributed by atoms with van der Waals surface area (Å²) in [4.78, 5) is 12.8. The second-order valence-electron chi connectivity index (χ2n) is 3.97. The third-order valence-corrected chi connectivity index (χ3v) is 3.54. The second-order valence-corrected chi connectivity index (χ2v) is 5.00. The molecule has 1 rings (SSSR count). The predicted molar refractivity (Wildman–Crippen MR) is 61.4 cm³/mol. The fraction of sp³-hybridized carbons (Fsp3) is 0.900. The van der Waals surface area contributed by atoms with Crippen molar-refractivity contribution < 1.29 is 14.6 Å². The van der Waals surface area contributed by atoms with Gasteiger partial charge in [0.05, 0.1) is 19.0 Å². The normalized spacial score (nSPS) is 23.3. The van der Waals surface area contributed by atoms with Crippen molar-refractivity contribution in [2.45, 2.75) is 25.9 Å². The lowest BCUT2D eigenvalue weighted by Crippen LogP contribution is -2.50. The monoisotopic (exact) mass is 233 g/mol. The van der Waals surface area contributed by atoms with Crippen molar-refractivity contribution in [3.8, 4) is 0 Å². The Bertz CT molecular complexity index is 211. The first-order chi connectivity index (χ1) is 7.11. The van der Waals surface area contributed by atoms with Crippen LogP contribution in [0, 0.1) is 0 Å². The number of carboxylic acids is 1. The number of hydrogen-bond donors (Lipinski definition) is 1. The van der Waals surface area contributed by atoms with Crippen LogP contribution in [0.2, 0.25) is 0 Å². The first-order valence-electron chi connectivity index (χ1n) is 5.24. The zero-order chi connectivity index (χ0) is 11.3. The molecule has 0 spiro atoms. The molecule has 0 radical (unpaired) electrons. The number of rotatable bonds is 5. The largest absolute Gasteiger partial charge is 0.481 e. The average Bonchev–Trinajstić information content (AvgIpc) is 2.17. The van der Waals surface area contributed by atoms with Gasteiger partial charge in [0.1, 0.15) is 0 Å². The minimum atomic E-state index is -0.743. The van der Waals surface area contributed by atoms with E-state index in [-0.39, 0.29) is 5.75 Å². The van der Waals surface area contributed by atoms with Gasteiger partial charge in [-0.25, -0.2) is 0 Å². The van der Waals surface area contributed by atoms with Gasteiger partial charge in [-0.05, 0) is 13.8 Å². The Hall–Kier alpha value is -0.260. The Morgan fingerprint density at radius 2 is 2.40 bits per heavy atom. The van der Waals surface area contributed by atoms with Crippen LogP contribution in [0.5, 0.6) is 0 Å². The van der Waals surface area contributed by atoms with Crippen LogP contribution < -0.4 is 0 Å². The van der Waals surface area contributed by atoms with Gasteiger partial charge in [0.15, 0.2) is 0 Å². The number of thioether (sulfide) groups is 1. The van der Waals surface area contributed by atoms with E-state index in [0.717, 1.165) is 25.5 Å². The summed E-state index contributed by atoms with van der Waals surface area (Å²) < 4.78 is 5.42. The topological polar surface area (TPSA) is 49.8 Å². The molecule has 1 aliphatic heterocycles. The van der Waals surface area contributed by atoms with E-state index in [1.54, 1.807) is 0 Å². The molecule has 1 atom stereocenters. The molecule has 0 aromatic carbocycles. The van der Waals surface area contributed by atoms with Crippen molar-refractivity contribution in [2.24, 2.45) is 0 Å². The van der Waals surface area contributed by atoms with E-state index in [1.807, 2.05) is 0 Å². The molecule has 1 saturated heterocycles. The Morgan fingerprint density at radius 1 is 1.67 bits per heavy atom. The van der Waals surface area contributed by atoms with Crippen molar-refractivity contribution in [1.29, 1.82) is 0 Å². The highest BCUT2D eigenvalue weighted by Crippen LogP contribution is 2.15. The van der Waals surface area contributed by atoms with Crippen LogP contribution in [0.1, 0.15) is 13.8 Å². The first kappa shape index (κ1) is 12.8. The molecule has 1 unspecified atom stereocenters. The number of carboxylic acid groups (broad SMARTS) is 1. The molecule has 0 aliphatic carbocycles. The summed E-state index contributed by atoms with van der Waals surface area (Å²) >= 11 is 1.47. The van der Waals surface area contributed by atoms with Gasteiger partial charge in [0, 0.05) is 24.4 Å². The molecule has 1 heterocycles. The second kappa shape index (κ2) is 6.35. The molecule has 0 bridgehead atoms. The van der Waals surface area contributed by atoms with Gasteiger partial charge in [0.2, 0.25) is 0 Å². The molecule has 5 heteroatoms. The predicted octanol–water partition coefficient (Wildman–Crippen LogP) is 0.913. The lowest BCUT2D eigenvalue weighted by Gasteiger charge is -2.38. The summed E-state index contributed by atoms with van der Waals surface area (Å²) in [6.45, 7) is 6.80. The highest BCUT2D eigenvalue weighted by atomic mass is 32.2. The minimum absolute atomic E-state index is 0.183. The molecule has 0 saturated carbocycles. The van der Waals surface area contributed by atoms with Gasteiger partial charge in [-0.3, -0.25) is 9.69 Å². The number of carbonyl (C=O) groups is 1. The highest BCUT2D eigenvalue weighted by molar-refractivity contribution is 7.99. The molecule has 0 aromatic heterocycles. The minimum Gasteiger partial charge on any atom is -0.481 e. The standard InChI is InChI=1S/C10H19NO3S/c1-8(2)11-3-4-14-5-9(11)6-15-7-10(12)13/h8-9H,3-7H2,1-2H3,(H,12,13). The van der Waals surface area contributed by atoms with Crippen molar-refractivity contribution in [3.63, 3.8) is 0 Å². The van der Waals surface area contributed by atoms with E-state index >= 15 is 0 Å². The van der Waals surface area contributed by atoms with Gasteiger partial charge in [-0.15, -0.1) is 11.8 Å². The van der Waals surface area contributed by atoms with E-state index in [1.165, 1.54) is 11.8 Å². The molecule has 0 amide bonds.